The zero-order valence-electron chi connectivity index (χ0n) is 16.9. The van der Waals surface area contributed by atoms with Crippen LogP contribution in [0.5, 0.6) is 5.75 Å². The highest BCUT2D eigenvalue weighted by molar-refractivity contribution is 7.13. The molecule has 35 heavy (non-hydrogen) atoms. The molecule has 0 atom stereocenters. The van der Waals surface area contributed by atoms with E-state index < -0.39 is 63.5 Å². The maximum atomic E-state index is 14.6. The first-order chi connectivity index (χ1) is 16.4. The van der Waals surface area contributed by atoms with Gasteiger partial charge < -0.3 is 14.8 Å². The maximum Gasteiger partial charge on any atom is 0.416 e. The van der Waals surface area contributed by atoms with E-state index in [4.69, 9.17) is 16.3 Å². The minimum absolute atomic E-state index is 0.0524. The number of aromatic amines is 1. The normalized spacial score (nSPS) is 11.7. The number of ether oxygens (including phenoxy) is 1. The van der Waals surface area contributed by atoms with Gasteiger partial charge in [0.1, 0.15) is 28.9 Å². The van der Waals surface area contributed by atoms with Gasteiger partial charge >= 0.3 is 17.8 Å². The topological polar surface area (TPSA) is 101 Å². The molecule has 7 nitrogen and oxygen atoms in total. The van der Waals surface area contributed by atoms with E-state index in [-0.39, 0.29) is 21.5 Å². The second-order valence-corrected chi connectivity index (χ2v) is 8.35. The minimum Gasteiger partial charge on any atom is -0.489 e. The van der Waals surface area contributed by atoms with Crippen LogP contribution in [0.2, 0.25) is 5.02 Å². The number of halogens is 6. The summed E-state index contributed by atoms with van der Waals surface area (Å²) < 4.78 is 73.5. The van der Waals surface area contributed by atoms with Crippen molar-refractivity contribution >= 4 is 39.8 Å². The summed E-state index contributed by atoms with van der Waals surface area (Å²) in [6.07, 6.45) is -4.80. The molecule has 0 aliphatic carbocycles. The van der Waals surface area contributed by atoms with Gasteiger partial charge in [0, 0.05) is 17.0 Å². The molecule has 0 fully saturated rings. The van der Waals surface area contributed by atoms with Crippen LogP contribution in [0.15, 0.2) is 45.3 Å². The summed E-state index contributed by atoms with van der Waals surface area (Å²) in [7, 11) is 0. The van der Waals surface area contributed by atoms with Crippen molar-refractivity contribution in [2.45, 2.75) is 12.8 Å². The number of aromatic carboxylic acids is 1. The molecule has 0 radical (unpaired) electrons. The number of nitrogens with one attached hydrogen (secondary N) is 1. The standard InChI is InChI=1S/C21H10ClF5N2O5S/c22-11-4-9(21(25,26)27)3-8(16(11)24)6-34-10-1-2-12(23)14(5-10)29-18(30)15-13(28-20(29)33)7-35-17(15)19(31)32/h1-5,7H,6H2,(H,28,33)(H,31,32). The molecule has 2 aromatic carbocycles. The summed E-state index contributed by atoms with van der Waals surface area (Å²) in [5.74, 6) is -3.88. The van der Waals surface area contributed by atoms with Crippen molar-refractivity contribution in [3.63, 3.8) is 0 Å². The Morgan fingerprint density at radius 2 is 1.89 bits per heavy atom. The van der Waals surface area contributed by atoms with E-state index in [1.165, 1.54) is 5.38 Å². The van der Waals surface area contributed by atoms with Gasteiger partial charge in [-0.25, -0.2) is 22.9 Å². The highest BCUT2D eigenvalue weighted by Gasteiger charge is 2.32. The summed E-state index contributed by atoms with van der Waals surface area (Å²) in [6.45, 7) is -0.751. The van der Waals surface area contributed by atoms with Gasteiger partial charge in [0.25, 0.3) is 5.56 Å². The van der Waals surface area contributed by atoms with Crippen LogP contribution in [-0.2, 0) is 12.8 Å². The Balaban J connectivity index is 1.75. The predicted molar refractivity (Wildman–Crippen MR) is 116 cm³/mol. The number of hydrogen-bond acceptors (Lipinski definition) is 5. The molecule has 14 heteroatoms. The molecule has 0 unspecified atom stereocenters. The van der Waals surface area contributed by atoms with Crippen LogP contribution in [0.1, 0.15) is 20.8 Å². The lowest BCUT2D eigenvalue weighted by Gasteiger charge is -2.13. The van der Waals surface area contributed by atoms with E-state index in [2.05, 4.69) is 4.98 Å². The van der Waals surface area contributed by atoms with E-state index in [1.807, 2.05) is 0 Å². The fourth-order valence-electron chi connectivity index (χ4n) is 3.24. The van der Waals surface area contributed by atoms with Crippen LogP contribution in [0.3, 0.4) is 0 Å². The SMILES string of the molecule is O=C(O)c1scc2[nH]c(=O)n(-c3cc(OCc4cc(C(F)(F)F)cc(Cl)c4F)ccc3F)c(=O)c12. The number of alkyl halides is 3. The summed E-state index contributed by atoms with van der Waals surface area (Å²) in [6, 6.07) is 3.65. The Morgan fingerprint density at radius 3 is 2.54 bits per heavy atom. The van der Waals surface area contributed by atoms with Gasteiger partial charge in [-0.05, 0) is 24.3 Å². The Hall–Kier alpha value is -3.71. The van der Waals surface area contributed by atoms with Crippen molar-refractivity contribution in [1.29, 1.82) is 0 Å². The molecule has 0 spiro atoms. The second-order valence-electron chi connectivity index (χ2n) is 7.06. The van der Waals surface area contributed by atoms with Gasteiger partial charge in [-0.3, -0.25) is 4.79 Å². The number of fused-ring (bicyclic) bond motifs is 1. The molecular weight excluding hydrogens is 523 g/mol. The van der Waals surface area contributed by atoms with Crippen LogP contribution in [0.4, 0.5) is 22.0 Å². The van der Waals surface area contributed by atoms with Crippen molar-refractivity contribution in [3.05, 3.63) is 89.2 Å². The van der Waals surface area contributed by atoms with Crippen LogP contribution in [0, 0.1) is 11.6 Å². The fraction of sp³-hybridized carbons (Fsp3) is 0.0952. The largest absolute Gasteiger partial charge is 0.489 e. The van der Waals surface area contributed by atoms with Crippen molar-refractivity contribution in [3.8, 4) is 11.4 Å². The predicted octanol–water partition coefficient (Wildman–Crippen LogP) is 4.97. The van der Waals surface area contributed by atoms with E-state index in [0.29, 0.717) is 28.0 Å². The van der Waals surface area contributed by atoms with Gasteiger partial charge in [-0.15, -0.1) is 11.3 Å². The first-order valence-electron chi connectivity index (χ1n) is 9.36. The van der Waals surface area contributed by atoms with Gasteiger partial charge in [0.2, 0.25) is 0 Å². The lowest BCUT2D eigenvalue weighted by molar-refractivity contribution is -0.137. The van der Waals surface area contributed by atoms with Gasteiger partial charge in [-0.2, -0.15) is 13.2 Å². The number of carboxylic acids is 1. The lowest BCUT2D eigenvalue weighted by atomic mass is 10.1. The van der Waals surface area contributed by atoms with Gasteiger partial charge in [-0.1, -0.05) is 11.6 Å². The Labute approximate surface area is 199 Å². The van der Waals surface area contributed by atoms with E-state index in [1.54, 1.807) is 0 Å². The second kappa shape index (κ2) is 8.82. The molecule has 4 aromatic rings. The van der Waals surface area contributed by atoms with Crippen molar-refractivity contribution < 1.29 is 36.6 Å². The zero-order chi connectivity index (χ0) is 25.7. The monoisotopic (exact) mass is 532 g/mol. The quantitative estimate of drug-likeness (QED) is 0.354. The van der Waals surface area contributed by atoms with Crippen molar-refractivity contribution in [2.75, 3.05) is 0 Å². The number of carbonyl (C=O) groups is 1. The van der Waals surface area contributed by atoms with Crippen LogP contribution in [-0.4, -0.2) is 20.6 Å². The molecule has 4 rings (SSSR count). The average Bonchev–Trinajstić information content (AvgIpc) is 3.20. The highest BCUT2D eigenvalue weighted by atomic mass is 35.5. The van der Waals surface area contributed by atoms with Crippen LogP contribution < -0.4 is 16.0 Å². The maximum absolute atomic E-state index is 14.6. The van der Waals surface area contributed by atoms with Crippen LogP contribution in [0.25, 0.3) is 16.6 Å². The molecule has 182 valence electrons. The Morgan fingerprint density at radius 1 is 1.17 bits per heavy atom. The number of carboxylic acid groups (broad SMARTS) is 1. The van der Waals surface area contributed by atoms with E-state index >= 15 is 0 Å². The molecule has 0 saturated carbocycles. The number of thiophene rings is 1. The molecular formula is C21H10ClF5N2O5S. The third-order valence-corrected chi connectivity index (χ3v) is 6.07. The van der Waals surface area contributed by atoms with Gasteiger partial charge in [0.15, 0.2) is 0 Å². The number of aromatic nitrogens is 2. The number of rotatable bonds is 5. The first kappa shape index (κ1) is 24.4. The summed E-state index contributed by atoms with van der Waals surface area (Å²) in [5.41, 5.74) is -4.63. The molecule has 0 bridgehead atoms. The molecule has 2 N–H and O–H groups in total. The van der Waals surface area contributed by atoms with Gasteiger partial charge in [0.05, 0.1) is 27.2 Å². The third kappa shape index (κ3) is 4.51. The number of hydrogen-bond donors (Lipinski definition) is 2. The molecule has 2 aromatic heterocycles. The summed E-state index contributed by atoms with van der Waals surface area (Å²) >= 11 is 6.23. The molecule has 2 heterocycles. The lowest BCUT2D eigenvalue weighted by Crippen LogP contribution is -2.34. The molecule has 0 aliphatic heterocycles. The van der Waals surface area contributed by atoms with E-state index in [9.17, 15) is 41.4 Å². The van der Waals surface area contributed by atoms with Crippen molar-refractivity contribution in [2.24, 2.45) is 0 Å². The average molecular weight is 533 g/mol. The van der Waals surface area contributed by atoms with Crippen LogP contribution >= 0.6 is 22.9 Å². The number of nitrogens with zero attached hydrogens (tertiary/aromatic N) is 1. The third-order valence-electron chi connectivity index (χ3n) is 4.83. The summed E-state index contributed by atoms with van der Waals surface area (Å²) in [4.78, 5) is 38.7. The Kier molecular flexibility index (Phi) is 6.15. The molecule has 0 aliphatic rings. The smallest absolute Gasteiger partial charge is 0.416 e. The number of benzene rings is 2. The minimum atomic E-state index is -4.80. The number of H-pyrrole nitrogens is 1. The Bertz CT molecular complexity index is 1610. The molecule has 0 saturated heterocycles. The fourth-order valence-corrected chi connectivity index (χ4v) is 4.31. The summed E-state index contributed by atoms with van der Waals surface area (Å²) in [5, 5.41) is 9.39. The van der Waals surface area contributed by atoms with Crippen molar-refractivity contribution in [1.82, 2.24) is 9.55 Å². The molecule has 0 amide bonds. The first-order valence-corrected chi connectivity index (χ1v) is 10.6. The highest BCUT2D eigenvalue weighted by Crippen LogP contribution is 2.34. The van der Waals surface area contributed by atoms with E-state index in [0.717, 1.165) is 18.2 Å². The zero-order valence-corrected chi connectivity index (χ0v) is 18.4.